The van der Waals surface area contributed by atoms with Gasteiger partial charge in [-0.2, -0.15) is 13.2 Å². The number of halogens is 3. The van der Waals surface area contributed by atoms with Gasteiger partial charge >= 0.3 is 6.18 Å². The maximum Gasteiger partial charge on any atom is 0.416 e. The van der Waals surface area contributed by atoms with Crippen LogP contribution in [0.5, 0.6) is 0 Å². The van der Waals surface area contributed by atoms with Gasteiger partial charge in [-0.3, -0.25) is 4.99 Å². The number of guanidine groups is 1. The van der Waals surface area contributed by atoms with Gasteiger partial charge in [0.1, 0.15) is 0 Å². The van der Waals surface area contributed by atoms with Gasteiger partial charge in [-0.15, -0.1) is 11.3 Å². The van der Waals surface area contributed by atoms with Crippen molar-refractivity contribution < 1.29 is 13.2 Å². The summed E-state index contributed by atoms with van der Waals surface area (Å²) in [5, 5.41) is 7.29. The molecule has 1 aromatic carbocycles. The number of hydrogen-bond donors (Lipinski definition) is 2. The van der Waals surface area contributed by atoms with Crippen molar-refractivity contribution in [3.63, 3.8) is 0 Å². The molecule has 0 unspecified atom stereocenters. The van der Waals surface area contributed by atoms with Gasteiger partial charge in [-0.1, -0.05) is 12.1 Å². The van der Waals surface area contributed by atoms with E-state index >= 15 is 0 Å². The van der Waals surface area contributed by atoms with Gasteiger partial charge in [-0.25, -0.2) is 4.98 Å². The van der Waals surface area contributed by atoms with Crippen LogP contribution in [0.1, 0.15) is 21.0 Å². The molecule has 0 saturated carbocycles. The molecule has 0 amide bonds. The minimum absolute atomic E-state index is 0.397. The standard InChI is InChI=1S/C16H19F3N4S/c1-11-9-22-14(24-11)7-8-21-15(20-2)23-10-12-3-5-13(6-4-12)16(17,18)19/h3-6,9H,7-8,10H2,1-2H3,(H2,20,21,23). The van der Waals surface area contributed by atoms with Crippen molar-refractivity contribution >= 4 is 17.3 Å². The molecule has 0 radical (unpaired) electrons. The lowest BCUT2D eigenvalue weighted by Crippen LogP contribution is -2.37. The van der Waals surface area contributed by atoms with E-state index in [1.165, 1.54) is 17.0 Å². The van der Waals surface area contributed by atoms with E-state index in [4.69, 9.17) is 0 Å². The van der Waals surface area contributed by atoms with Crippen LogP contribution in [0, 0.1) is 6.92 Å². The predicted octanol–water partition coefficient (Wildman–Crippen LogP) is 3.38. The summed E-state index contributed by atoms with van der Waals surface area (Å²) >= 11 is 1.66. The Hall–Kier alpha value is -2.09. The molecule has 0 atom stereocenters. The van der Waals surface area contributed by atoms with Crippen LogP contribution in [0.3, 0.4) is 0 Å². The highest BCUT2D eigenvalue weighted by atomic mass is 32.1. The molecule has 1 aromatic heterocycles. The lowest BCUT2D eigenvalue weighted by molar-refractivity contribution is -0.137. The number of aliphatic imine (C=N–C) groups is 1. The van der Waals surface area contributed by atoms with Crippen LogP contribution in [0.4, 0.5) is 13.2 Å². The second kappa shape index (κ2) is 8.14. The maximum absolute atomic E-state index is 12.5. The number of benzene rings is 1. The first-order valence-electron chi connectivity index (χ1n) is 7.40. The predicted molar refractivity (Wildman–Crippen MR) is 90.2 cm³/mol. The first-order valence-corrected chi connectivity index (χ1v) is 8.22. The molecule has 2 aromatic rings. The SMILES string of the molecule is CN=C(NCCc1ncc(C)s1)NCc1ccc(C(F)(F)F)cc1. The summed E-state index contributed by atoms with van der Waals surface area (Å²) in [6, 6.07) is 5.08. The summed E-state index contributed by atoms with van der Waals surface area (Å²) in [7, 11) is 1.65. The lowest BCUT2D eigenvalue weighted by atomic mass is 10.1. The van der Waals surface area contributed by atoms with E-state index in [2.05, 4.69) is 20.6 Å². The van der Waals surface area contributed by atoms with E-state index in [1.54, 1.807) is 18.4 Å². The summed E-state index contributed by atoms with van der Waals surface area (Å²) < 4.78 is 37.6. The molecular formula is C16H19F3N4S. The summed E-state index contributed by atoms with van der Waals surface area (Å²) in [4.78, 5) is 9.56. The molecule has 0 aliphatic carbocycles. The number of aryl methyl sites for hydroxylation is 1. The van der Waals surface area contributed by atoms with Gasteiger partial charge in [0.05, 0.1) is 10.6 Å². The smallest absolute Gasteiger partial charge is 0.356 e. The van der Waals surface area contributed by atoms with Gasteiger partial charge in [-0.05, 0) is 24.6 Å². The Morgan fingerprint density at radius 1 is 1.21 bits per heavy atom. The molecule has 0 fully saturated rings. The van der Waals surface area contributed by atoms with Gasteiger partial charge in [0, 0.05) is 37.6 Å². The fourth-order valence-electron chi connectivity index (χ4n) is 2.02. The van der Waals surface area contributed by atoms with Crippen LogP contribution < -0.4 is 10.6 Å². The lowest BCUT2D eigenvalue weighted by Gasteiger charge is -2.12. The summed E-state index contributed by atoms with van der Waals surface area (Å²) in [6.07, 6.45) is -1.67. The van der Waals surface area contributed by atoms with Crippen LogP contribution in [-0.2, 0) is 19.1 Å². The second-order valence-electron chi connectivity index (χ2n) is 5.16. The Labute approximate surface area is 142 Å². The van der Waals surface area contributed by atoms with Crippen molar-refractivity contribution in [2.45, 2.75) is 26.1 Å². The molecule has 2 rings (SSSR count). The summed E-state index contributed by atoms with van der Waals surface area (Å²) in [5.74, 6) is 0.600. The maximum atomic E-state index is 12.5. The van der Waals surface area contributed by atoms with Crippen LogP contribution in [0.2, 0.25) is 0 Å². The van der Waals surface area contributed by atoms with Crippen LogP contribution in [0.25, 0.3) is 0 Å². The van der Waals surface area contributed by atoms with Gasteiger partial charge in [0.25, 0.3) is 0 Å². The van der Waals surface area contributed by atoms with Crippen molar-refractivity contribution in [3.05, 3.63) is 51.5 Å². The van der Waals surface area contributed by atoms with Crippen LogP contribution in [-0.4, -0.2) is 24.5 Å². The highest BCUT2D eigenvalue weighted by Gasteiger charge is 2.29. The van der Waals surface area contributed by atoms with Gasteiger partial charge in [0.15, 0.2) is 5.96 Å². The summed E-state index contributed by atoms with van der Waals surface area (Å²) in [6.45, 7) is 3.09. The van der Waals surface area contributed by atoms with Gasteiger partial charge < -0.3 is 10.6 Å². The normalized spacial score (nSPS) is 12.3. The topological polar surface area (TPSA) is 49.3 Å². The minimum Gasteiger partial charge on any atom is -0.356 e. The number of alkyl halides is 3. The average molecular weight is 356 g/mol. The number of thiazole rings is 1. The van der Waals surface area contributed by atoms with Crippen molar-refractivity contribution in [1.82, 2.24) is 15.6 Å². The molecule has 130 valence electrons. The van der Waals surface area contributed by atoms with Gasteiger partial charge in [0.2, 0.25) is 0 Å². The Balaban J connectivity index is 1.78. The molecule has 0 saturated heterocycles. The number of hydrogen-bond acceptors (Lipinski definition) is 3. The molecule has 0 aliphatic heterocycles. The molecule has 0 spiro atoms. The molecule has 2 N–H and O–H groups in total. The number of nitrogens with one attached hydrogen (secondary N) is 2. The average Bonchev–Trinajstić information content (AvgIpc) is 2.95. The van der Waals surface area contributed by atoms with Crippen molar-refractivity contribution in [2.75, 3.05) is 13.6 Å². The third-order valence-electron chi connectivity index (χ3n) is 3.27. The molecule has 0 bridgehead atoms. The van der Waals surface area contributed by atoms with Crippen molar-refractivity contribution in [2.24, 2.45) is 4.99 Å². The molecular weight excluding hydrogens is 337 g/mol. The molecule has 4 nitrogen and oxygen atoms in total. The zero-order valence-electron chi connectivity index (χ0n) is 13.4. The molecule has 24 heavy (non-hydrogen) atoms. The van der Waals surface area contributed by atoms with E-state index in [9.17, 15) is 13.2 Å². The number of nitrogens with zero attached hydrogens (tertiary/aromatic N) is 2. The zero-order valence-corrected chi connectivity index (χ0v) is 14.3. The quantitative estimate of drug-likeness (QED) is 0.638. The Morgan fingerprint density at radius 3 is 2.46 bits per heavy atom. The van der Waals surface area contributed by atoms with E-state index in [-0.39, 0.29) is 0 Å². The summed E-state index contributed by atoms with van der Waals surface area (Å²) in [5.41, 5.74) is 0.106. The second-order valence-corrected chi connectivity index (χ2v) is 6.48. The van der Waals surface area contributed by atoms with Crippen LogP contribution >= 0.6 is 11.3 Å². The van der Waals surface area contributed by atoms with Crippen molar-refractivity contribution in [3.8, 4) is 0 Å². The Kier molecular flexibility index (Phi) is 6.19. The third kappa shape index (κ3) is 5.52. The number of aromatic nitrogens is 1. The zero-order chi connectivity index (χ0) is 17.6. The highest BCUT2D eigenvalue weighted by Crippen LogP contribution is 2.29. The number of rotatable bonds is 5. The van der Waals surface area contributed by atoms with E-state index in [0.717, 1.165) is 29.1 Å². The third-order valence-corrected chi connectivity index (χ3v) is 4.24. The first kappa shape index (κ1) is 18.3. The fourth-order valence-corrected chi connectivity index (χ4v) is 2.81. The van der Waals surface area contributed by atoms with Crippen molar-refractivity contribution in [1.29, 1.82) is 0 Å². The van der Waals surface area contributed by atoms with E-state index in [1.807, 2.05) is 13.1 Å². The monoisotopic (exact) mass is 356 g/mol. The van der Waals surface area contributed by atoms with E-state index < -0.39 is 11.7 Å². The Morgan fingerprint density at radius 2 is 1.92 bits per heavy atom. The fraction of sp³-hybridized carbons (Fsp3) is 0.375. The minimum atomic E-state index is -4.31. The molecule has 0 aliphatic rings. The molecule has 1 heterocycles. The largest absolute Gasteiger partial charge is 0.416 e. The van der Waals surface area contributed by atoms with Crippen LogP contribution in [0.15, 0.2) is 35.5 Å². The highest BCUT2D eigenvalue weighted by molar-refractivity contribution is 7.11. The first-order chi connectivity index (χ1) is 11.4. The molecule has 8 heteroatoms. The Bertz CT molecular complexity index is 677. The van der Waals surface area contributed by atoms with E-state index in [0.29, 0.717) is 19.0 Å².